The van der Waals surface area contributed by atoms with Crippen LogP contribution in [0.4, 0.5) is 0 Å². The van der Waals surface area contributed by atoms with Crippen LogP contribution in [0.25, 0.3) is 0 Å². The van der Waals surface area contributed by atoms with Crippen LogP contribution in [0.15, 0.2) is 48.5 Å². The number of hydrogen-bond acceptors (Lipinski definition) is 4. The summed E-state index contributed by atoms with van der Waals surface area (Å²) in [6.07, 6.45) is 0. The minimum atomic E-state index is 0.277. The second-order valence-electron chi connectivity index (χ2n) is 6.02. The summed E-state index contributed by atoms with van der Waals surface area (Å²) < 4.78 is 11.0. The van der Waals surface area contributed by atoms with Gasteiger partial charge in [0.15, 0.2) is 11.5 Å². The quantitative estimate of drug-likeness (QED) is 0.764. The highest BCUT2D eigenvalue weighted by molar-refractivity contribution is 5.43. The fourth-order valence-electron chi connectivity index (χ4n) is 2.68. The van der Waals surface area contributed by atoms with Crippen LogP contribution in [-0.4, -0.2) is 39.3 Å². The van der Waals surface area contributed by atoms with E-state index in [9.17, 15) is 0 Å². The lowest BCUT2D eigenvalue weighted by molar-refractivity contribution is 0.310. The van der Waals surface area contributed by atoms with Crippen molar-refractivity contribution >= 4 is 0 Å². The zero-order chi connectivity index (χ0) is 17.4. The predicted octanol–water partition coefficient (Wildman–Crippen LogP) is 3.49. The average molecular weight is 328 g/mol. The minimum absolute atomic E-state index is 0.277. The van der Waals surface area contributed by atoms with Crippen LogP contribution in [0.2, 0.25) is 0 Å². The van der Waals surface area contributed by atoms with E-state index in [0.717, 1.165) is 24.6 Å². The number of nitrogens with one attached hydrogen (secondary N) is 1. The third-order valence-electron chi connectivity index (χ3n) is 3.83. The van der Waals surface area contributed by atoms with Crippen molar-refractivity contribution < 1.29 is 9.47 Å². The molecule has 0 saturated heterocycles. The van der Waals surface area contributed by atoms with E-state index in [0.29, 0.717) is 6.61 Å². The smallest absolute Gasteiger partial charge is 0.161 e. The summed E-state index contributed by atoms with van der Waals surface area (Å²) in [5.41, 5.74) is 2.47. The van der Waals surface area contributed by atoms with Gasteiger partial charge in [0.25, 0.3) is 0 Å². The Morgan fingerprint density at radius 3 is 2.42 bits per heavy atom. The Balaban J connectivity index is 2.08. The molecular formula is C20H28N2O2. The summed E-state index contributed by atoms with van der Waals surface area (Å²) >= 11 is 0. The number of nitrogens with zero attached hydrogens (tertiary/aromatic N) is 1. The Morgan fingerprint density at radius 1 is 1.04 bits per heavy atom. The van der Waals surface area contributed by atoms with E-state index in [1.807, 2.05) is 25.1 Å². The van der Waals surface area contributed by atoms with Gasteiger partial charge in [0.2, 0.25) is 0 Å². The lowest BCUT2D eigenvalue weighted by atomic mass is 10.1. The lowest BCUT2D eigenvalue weighted by Gasteiger charge is -2.23. The van der Waals surface area contributed by atoms with Gasteiger partial charge in [-0.2, -0.15) is 0 Å². The fraction of sp³-hybridized carbons (Fsp3) is 0.400. The van der Waals surface area contributed by atoms with E-state index < -0.39 is 0 Å². The molecule has 0 fully saturated rings. The molecule has 4 nitrogen and oxygen atoms in total. The van der Waals surface area contributed by atoms with Crippen molar-refractivity contribution in [2.24, 2.45) is 0 Å². The predicted molar refractivity (Wildman–Crippen MR) is 98.7 cm³/mol. The second-order valence-corrected chi connectivity index (χ2v) is 6.02. The highest BCUT2D eigenvalue weighted by atomic mass is 16.5. The molecule has 0 saturated carbocycles. The van der Waals surface area contributed by atoms with Crippen LogP contribution < -0.4 is 14.8 Å². The number of methoxy groups -OCH3 is 1. The van der Waals surface area contributed by atoms with E-state index in [1.165, 1.54) is 11.1 Å². The van der Waals surface area contributed by atoms with Crippen molar-refractivity contribution in [1.29, 1.82) is 0 Å². The zero-order valence-corrected chi connectivity index (χ0v) is 15.1. The normalized spacial score (nSPS) is 12.2. The molecule has 2 rings (SSSR count). The van der Waals surface area contributed by atoms with E-state index in [1.54, 1.807) is 7.11 Å². The zero-order valence-electron chi connectivity index (χ0n) is 15.1. The molecule has 0 amide bonds. The first-order valence-corrected chi connectivity index (χ1v) is 8.36. The van der Waals surface area contributed by atoms with E-state index in [2.05, 4.69) is 54.6 Å². The molecule has 0 aromatic heterocycles. The van der Waals surface area contributed by atoms with Crippen LogP contribution in [0.1, 0.15) is 24.1 Å². The Labute approximate surface area is 145 Å². The standard InChI is InChI=1S/C20H28N2O2/c1-5-24-19-12-11-16(13-20(19)23-4)14-21-18(15-22(2)3)17-9-7-6-8-10-17/h6-13,18,21H,5,14-15H2,1-4H3. The first kappa shape index (κ1) is 18.3. The average Bonchev–Trinajstić information content (AvgIpc) is 2.60. The van der Waals surface area contributed by atoms with Gasteiger partial charge in [-0.3, -0.25) is 0 Å². The Bertz CT molecular complexity index is 614. The van der Waals surface area contributed by atoms with Crippen LogP contribution in [-0.2, 0) is 6.54 Å². The van der Waals surface area contributed by atoms with Crippen molar-refractivity contribution in [2.75, 3.05) is 34.4 Å². The molecule has 0 bridgehead atoms. The molecule has 1 unspecified atom stereocenters. The topological polar surface area (TPSA) is 33.7 Å². The summed E-state index contributed by atoms with van der Waals surface area (Å²) in [5.74, 6) is 1.57. The largest absolute Gasteiger partial charge is 0.493 e. The molecular weight excluding hydrogens is 300 g/mol. The van der Waals surface area contributed by atoms with Gasteiger partial charge < -0.3 is 19.7 Å². The molecule has 0 aliphatic heterocycles. The highest BCUT2D eigenvalue weighted by Crippen LogP contribution is 2.28. The molecule has 2 aromatic carbocycles. The first-order valence-electron chi connectivity index (χ1n) is 8.36. The maximum Gasteiger partial charge on any atom is 0.161 e. The van der Waals surface area contributed by atoms with Gasteiger partial charge in [-0.15, -0.1) is 0 Å². The van der Waals surface area contributed by atoms with Gasteiger partial charge in [-0.05, 0) is 44.3 Å². The molecule has 0 aliphatic rings. The SMILES string of the molecule is CCOc1ccc(CNC(CN(C)C)c2ccccc2)cc1OC. The van der Waals surface area contributed by atoms with Crippen LogP contribution in [0.3, 0.4) is 0 Å². The summed E-state index contributed by atoms with van der Waals surface area (Å²) in [5, 5.41) is 3.65. The lowest BCUT2D eigenvalue weighted by Crippen LogP contribution is -2.30. The summed E-state index contributed by atoms with van der Waals surface area (Å²) in [6.45, 7) is 4.32. The number of rotatable bonds is 9. The van der Waals surface area contributed by atoms with Crippen molar-refractivity contribution in [3.05, 3.63) is 59.7 Å². The van der Waals surface area contributed by atoms with Crippen molar-refractivity contribution in [3.63, 3.8) is 0 Å². The number of likely N-dealkylation sites (N-methyl/N-ethyl adjacent to an activating group) is 1. The van der Waals surface area contributed by atoms with Crippen molar-refractivity contribution in [3.8, 4) is 11.5 Å². The molecule has 1 N–H and O–H groups in total. The van der Waals surface area contributed by atoms with Gasteiger partial charge in [-0.25, -0.2) is 0 Å². The maximum absolute atomic E-state index is 5.58. The third kappa shape index (κ3) is 5.25. The van der Waals surface area contributed by atoms with Gasteiger partial charge in [0, 0.05) is 19.1 Å². The molecule has 1 atom stereocenters. The van der Waals surface area contributed by atoms with E-state index in [-0.39, 0.29) is 6.04 Å². The first-order chi connectivity index (χ1) is 11.6. The Morgan fingerprint density at radius 2 is 1.79 bits per heavy atom. The summed E-state index contributed by atoms with van der Waals surface area (Å²) in [6, 6.07) is 16.9. The molecule has 24 heavy (non-hydrogen) atoms. The summed E-state index contributed by atoms with van der Waals surface area (Å²) in [4.78, 5) is 2.20. The summed E-state index contributed by atoms with van der Waals surface area (Å²) in [7, 11) is 5.86. The van der Waals surface area contributed by atoms with E-state index >= 15 is 0 Å². The molecule has 2 aromatic rings. The molecule has 0 aliphatic carbocycles. The van der Waals surface area contributed by atoms with Crippen molar-refractivity contribution in [1.82, 2.24) is 10.2 Å². The van der Waals surface area contributed by atoms with Gasteiger partial charge in [0.1, 0.15) is 0 Å². The molecule has 0 spiro atoms. The molecule has 0 radical (unpaired) electrons. The molecule has 130 valence electrons. The van der Waals surface area contributed by atoms with Crippen LogP contribution >= 0.6 is 0 Å². The van der Waals surface area contributed by atoms with E-state index in [4.69, 9.17) is 9.47 Å². The Kier molecular flexibility index (Phi) is 7.09. The Hall–Kier alpha value is -2.04. The molecule has 4 heteroatoms. The fourth-order valence-corrected chi connectivity index (χ4v) is 2.68. The van der Waals surface area contributed by atoms with Crippen LogP contribution in [0, 0.1) is 0 Å². The minimum Gasteiger partial charge on any atom is -0.493 e. The third-order valence-corrected chi connectivity index (χ3v) is 3.83. The van der Waals surface area contributed by atoms with Gasteiger partial charge in [0.05, 0.1) is 13.7 Å². The van der Waals surface area contributed by atoms with Gasteiger partial charge >= 0.3 is 0 Å². The van der Waals surface area contributed by atoms with Gasteiger partial charge in [-0.1, -0.05) is 36.4 Å². The van der Waals surface area contributed by atoms with Crippen molar-refractivity contribution in [2.45, 2.75) is 19.5 Å². The molecule has 0 heterocycles. The highest BCUT2D eigenvalue weighted by Gasteiger charge is 2.12. The van der Waals surface area contributed by atoms with Crippen LogP contribution in [0.5, 0.6) is 11.5 Å². The number of hydrogen-bond donors (Lipinski definition) is 1. The number of benzene rings is 2. The monoisotopic (exact) mass is 328 g/mol. The second kappa shape index (κ2) is 9.30. The maximum atomic E-state index is 5.58. The number of ether oxygens (including phenoxy) is 2.